The smallest absolute Gasteiger partial charge is 0.345 e. The Morgan fingerprint density at radius 3 is 1.31 bits per heavy atom. The molecule has 0 spiro atoms. The average molecular weight is 1200 g/mol. The van der Waals surface area contributed by atoms with Crippen LogP contribution in [0.1, 0.15) is 68.5 Å². The highest BCUT2D eigenvalue weighted by molar-refractivity contribution is 7.92. The topological polar surface area (TPSA) is 232 Å². The lowest BCUT2D eigenvalue weighted by atomic mass is 10.2. The summed E-state index contributed by atoms with van der Waals surface area (Å²) >= 11 is 2.01. The number of fused-ring (bicyclic) bond motifs is 2. The number of sulfonamides is 2. The standard InChI is InChI=1S/C22H20F2N4O3S2.C21H19F2N5O3S2.C6H4F2O2S.ClH/c1-13-5-4-6-15(11-13)28-17-8-7-14(27(2)33(3,30)31)12-16(17)25-22(28)26-21(29)19-10-9-18(32-19)20(23)24;1-27(33(2,30)31)13-6-7-16-15(11-13)25-21(28(16)14-5-3-4-12(24)10-14)26-20(29)18-9-8-17(32-18)19(22)23;7-5(8)3-1-2-4(11-3)6(9)10;/h4-12,20H,1-3H3,(H,25,26,29);3-11,19H,24H2,1-2H3,(H,25,26,29);1-2,5H,(H,9,10);1H. The number of rotatable bonds is 14. The number of anilines is 5. The number of imidazole rings is 2. The third kappa shape index (κ3) is 14.0. The molecule has 2 amide bonds. The van der Waals surface area contributed by atoms with Gasteiger partial charge in [0.2, 0.25) is 31.9 Å². The minimum Gasteiger partial charge on any atom is -0.477 e. The second-order valence-corrected chi connectivity index (χ2v) is 23.9. The lowest BCUT2D eigenvalue weighted by Crippen LogP contribution is -2.24. The number of carbonyl (C=O) groups excluding carboxylic acids is 2. The van der Waals surface area contributed by atoms with Gasteiger partial charge in [0.15, 0.2) is 0 Å². The summed E-state index contributed by atoms with van der Waals surface area (Å²) in [5.74, 6) is -2.01. The molecule has 5 heterocycles. The number of alkyl halides is 6. The van der Waals surface area contributed by atoms with E-state index in [4.69, 9.17) is 10.8 Å². The molecule has 0 aliphatic carbocycles. The molecular formula is C49H44ClF6N9O8S5. The largest absolute Gasteiger partial charge is 0.477 e. The molecule has 412 valence electrons. The molecule has 29 heteroatoms. The van der Waals surface area contributed by atoms with Crippen LogP contribution >= 0.6 is 46.4 Å². The van der Waals surface area contributed by atoms with Gasteiger partial charge in [-0.3, -0.25) is 38.0 Å². The molecule has 0 atom stereocenters. The minimum absolute atomic E-state index is 0. The first-order valence-corrected chi connectivity index (χ1v) is 28.2. The van der Waals surface area contributed by atoms with Crippen LogP contribution in [0.5, 0.6) is 0 Å². The molecule has 5 N–H and O–H groups in total. The van der Waals surface area contributed by atoms with Crippen LogP contribution in [-0.4, -0.2) is 85.4 Å². The number of nitrogens with zero attached hydrogens (tertiary/aromatic N) is 6. The van der Waals surface area contributed by atoms with Crippen molar-refractivity contribution in [3.63, 3.8) is 0 Å². The molecule has 0 bridgehead atoms. The molecule has 0 radical (unpaired) electrons. The summed E-state index contributed by atoms with van der Waals surface area (Å²) in [6.45, 7) is 1.93. The van der Waals surface area contributed by atoms with Crippen LogP contribution in [0.4, 0.5) is 55.3 Å². The van der Waals surface area contributed by atoms with Crippen molar-refractivity contribution in [2.75, 3.05) is 51.6 Å². The Labute approximate surface area is 459 Å². The molecule has 5 aromatic heterocycles. The van der Waals surface area contributed by atoms with Crippen LogP contribution in [0.2, 0.25) is 0 Å². The fourth-order valence-electron chi connectivity index (χ4n) is 7.13. The number of thiophene rings is 3. The van der Waals surface area contributed by atoms with Crippen molar-refractivity contribution >= 4 is 135 Å². The zero-order valence-electron chi connectivity index (χ0n) is 41.1. The number of aromatic carboxylic acids is 1. The molecule has 9 aromatic rings. The Morgan fingerprint density at radius 1 is 0.577 bits per heavy atom. The van der Waals surface area contributed by atoms with Crippen LogP contribution in [-0.2, 0) is 20.0 Å². The third-order valence-corrected chi connectivity index (χ3v) is 16.7. The number of halogens is 7. The van der Waals surface area contributed by atoms with Gasteiger partial charge < -0.3 is 10.8 Å². The van der Waals surface area contributed by atoms with Crippen LogP contribution in [0.25, 0.3) is 33.4 Å². The number of aryl methyl sites for hydroxylation is 1. The second kappa shape index (κ2) is 24.4. The molecule has 17 nitrogen and oxygen atoms in total. The number of carboxylic acids is 1. The van der Waals surface area contributed by atoms with Crippen molar-refractivity contribution in [2.45, 2.75) is 26.2 Å². The van der Waals surface area contributed by atoms with Gasteiger partial charge in [-0.15, -0.1) is 46.4 Å². The third-order valence-electron chi connectivity index (χ3n) is 11.0. The predicted octanol–water partition coefficient (Wildman–Crippen LogP) is 12.0. The number of aromatic nitrogens is 4. The highest BCUT2D eigenvalue weighted by Gasteiger charge is 2.23. The van der Waals surface area contributed by atoms with E-state index in [2.05, 4.69) is 20.6 Å². The first-order valence-electron chi connectivity index (χ1n) is 22.1. The fourth-order valence-corrected chi connectivity index (χ4v) is 10.3. The number of hydrogen-bond donors (Lipinski definition) is 4. The van der Waals surface area contributed by atoms with E-state index in [0.717, 1.165) is 38.4 Å². The van der Waals surface area contributed by atoms with E-state index in [1.165, 1.54) is 44.4 Å². The Bertz CT molecular complexity index is 3680. The van der Waals surface area contributed by atoms with Crippen molar-refractivity contribution in [3.05, 3.63) is 156 Å². The maximum absolute atomic E-state index is 12.9. The molecule has 0 unspecified atom stereocenters. The Hall–Kier alpha value is -7.50. The van der Waals surface area contributed by atoms with Gasteiger partial charge in [0.05, 0.1) is 76.0 Å². The van der Waals surface area contributed by atoms with E-state index in [1.54, 1.807) is 69.8 Å². The van der Waals surface area contributed by atoms with Gasteiger partial charge in [-0.1, -0.05) is 18.2 Å². The van der Waals surface area contributed by atoms with E-state index < -0.39 is 57.1 Å². The lowest BCUT2D eigenvalue weighted by Gasteiger charge is -2.16. The molecular weight excluding hydrogens is 1150 g/mol. The number of nitrogen functional groups attached to an aromatic ring is 1. The number of benzene rings is 4. The van der Waals surface area contributed by atoms with Gasteiger partial charge in [0.1, 0.15) is 4.88 Å². The molecule has 78 heavy (non-hydrogen) atoms. The monoisotopic (exact) mass is 1200 g/mol. The predicted molar refractivity (Wildman–Crippen MR) is 296 cm³/mol. The van der Waals surface area contributed by atoms with Crippen molar-refractivity contribution in [2.24, 2.45) is 0 Å². The molecule has 0 saturated heterocycles. The van der Waals surface area contributed by atoms with Gasteiger partial charge >= 0.3 is 5.97 Å². The van der Waals surface area contributed by atoms with E-state index in [1.807, 2.05) is 31.2 Å². The Morgan fingerprint density at radius 2 is 0.962 bits per heavy atom. The molecule has 0 saturated carbocycles. The zero-order valence-corrected chi connectivity index (χ0v) is 46.0. The number of nitrogens with two attached hydrogens (primary N) is 1. The first kappa shape index (κ1) is 59.7. The number of hydrogen-bond acceptors (Lipinski definition) is 13. The quantitative estimate of drug-likeness (QED) is 0.0591. The van der Waals surface area contributed by atoms with Crippen LogP contribution in [0.15, 0.2) is 121 Å². The molecule has 0 fully saturated rings. The van der Waals surface area contributed by atoms with Crippen LogP contribution < -0.4 is 25.0 Å². The molecule has 0 aliphatic heterocycles. The van der Waals surface area contributed by atoms with Crippen molar-refractivity contribution in [1.29, 1.82) is 0 Å². The van der Waals surface area contributed by atoms with Gasteiger partial charge in [0.25, 0.3) is 31.1 Å². The van der Waals surface area contributed by atoms with Crippen molar-refractivity contribution in [3.8, 4) is 11.4 Å². The summed E-state index contributed by atoms with van der Waals surface area (Å²) in [6.07, 6.45) is -5.71. The molecule has 0 aliphatic rings. The summed E-state index contributed by atoms with van der Waals surface area (Å²) < 4.78 is 129. The summed E-state index contributed by atoms with van der Waals surface area (Å²) in [7, 11) is -4.11. The van der Waals surface area contributed by atoms with Gasteiger partial charge in [-0.2, -0.15) is 0 Å². The summed E-state index contributed by atoms with van der Waals surface area (Å²) in [4.78, 5) is 44.3. The number of carbonyl (C=O) groups is 3. The van der Waals surface area contributed by atoms with E-state index in [9.17, 15) is 57.6 Å². The maximum Gasteiger partial charge on any atom is 0.345 e. The fraction of sp³-hybridized carbons (Fsp3) is 0.163. The highest BCUT2D eigenvalue weighted by Crippen LogP contribution is 2.34. The Kier molecular flexibility index (Phi) is 18.7. The number of nitrogens with one attached hydrogen (secondary N) is 2. The average Bonchev–Trinajstić information content (AvgIpc) is 4.24. The van der Waals surface area contributed by atoms with Crippen LogP contribution in [0.3, 0.4) is 0 Å². The summed E-state index contributed by atoms with van der Waals surface area (Å²) in [5.41, 5.74) is 11.6. The van der Waals surface area contributed by atoms with Gasteiger partial charge in [-0.25, -0.2) is 57.9 Å². The van der Waals surface area contributed by atoms with Gasteiger partial charge in [0, 0.05) is 25.5 Å². The molecule has 4 aromatic carbocycles. The van der Waals surface area contributed by atoms with Crippen molar-refractivity contribution in [1.82, 2.24) is 19.1 Å². The Balaban J connectivity index is 0.000000209. The van der Waals surface area contributed by atoms with E-state index in [0.29, 0.717) is 78.8 Å². The SMILES string of the molecule is CN(c1ccc2c(c1)nc(NC(=O)c1ccc(C(F)F)s1)n2-c1cccc(N)c1)S(C)(=O)=O.Cc1cccc(-n2c(NC(=O)c3ccc(C(F)F)s3)nc3cc(N(C)S(C)(=O)=O)ccc32)c1.Cl.O=C(O)c1ccc(C(F)F)s1. The lowest BCUT2D eigenvalue weighted by molar-refractivity contribution is 0.0701. The first-order chi connectivity index (χ1) is 36.2. The zero-order chi connectivity index (χ0) is 56.3. The van der Waals surface area contributed by atoms with E-state index >= 15 is 0 Å². The maximum atomic E-state index is 12.9. The summed E-state index contributed by atoms with van der Waals surface area (Å²) in [6, 6.07) is 31.7. The molecule has 9 rings (SSSR count). The minimum atomic E-state index is -3.49. The number of amides is 2. The van der Waals surface area contributed by atoms with Crippen LogP contribution in [0, 0.1) is 6.92 Å². The summed E-state index contributed by atoms with van der Waals surface area (Å²) in [5, 5.41) is 13.7. The second-order valence-electron chi connectivity index (χ2n) is 16.5. The van der Waals surface area contributed by atoms with Crippen molar-refractivity contribution < 1.29 is 62.7 Å². The van der Waals surface area contributed by atoms with E-state index in [-0.39, 0.29) is 53.6 Å². The highest BCUT2D eigenvalue weighted by atomic mass is 35.5. The number of carboxylic acid groups (broad SMARTS) is 1. The normalized spacial score (nSPS) is 11.5. The van der Waals surface area contributed by atoms with Gasteiger partial charge in [-0.05, 0) is 116 Å².